The van der Waals surface area contributed by atoms with E-state index in [4.69, 9.17) is 0 Å². The molecule has 0 amide bonds. The van der Waals surface area contributed by atoms with Gasteiger partial charge in [0.05, 0.1) is 0 Å². The first kappa shape index (κ1) is 12.0. The van der Waals surface area contributed by atoms with Gasteiger partial charge in [0.15, 0.2) is 0 Å². The molecule has 1 fully saturated rings. The van der Waals surface area contributed by atoms with E-state index in [-0.39, 0.29) is 11.3 Å². The highest BCUT2D eigenvalue weighted by Crippen LogP contribution is 2.37. The van der Waals surface area contributed by atoms with Crippen LogP contribution in [0.5, 0.6) is 0 Å². The molecule has 1 rings (SSSR count). The van der Waals surface area contributed by atoms with Crippen LogP contribution in [-0.2, 0) is 0 Å². The fourth-order valence-electron chi connectivity index (χ4n) is 2.31. The Labute approximate surface area is 87.5 Å². The summed E-state index contributed by atoms with van der Waals surface area (Å²) in [6.07, 6.45) is 0.299. The second-order valence-electron chi connectivity index (χ2n) is 5.98. The van der Waals surface area contributed by atoms with Crippen LogP contribution in [0.1, 0.15) is 41.0 Å². The van der Waals surface area contributed by atoms with Gasteiger partial charge in [0.2, 0.25) is 0 Å². The topological polar surface area (TPSA) is 12.0 Å². The fraction of sp³-hybridized carbons (Fsp3) is 1.00. The van der Waals surface area contributed by atoms with Crippen molar-refractivity contribution in [2.75, 3.05) is 6.54 Å². The SMILES string of the molecule is CC(C)C1CC(C(C)(C)C)C(F)CN1. The molecule has 0 radical (unpaired) electrons. The zero-order valence-electron chi connectivity index (χ0n) is 10.1. The summed E-state index contributed by atoms with van der Waals surface area (Å²) >= 11 is 0. The Bertz CT molecular complexity index is 183. The molecule has 0 saturated carbocycles. The van der Waals surface area contributed by atoms with E-state index in [9.17, 15) is 4.39 Å². The molecule has 14 heavy (non-hydrogen) atoms. The number of piperidine rings is 1. The van der Waals surface area contributed by atoms with Crippen molar-refractivity contribution in [2.24, 2.45) is 17.3 Å². The fourth-order valence-corrected chi connectivity index (χ4v) is 2.31. The van der Waals surface area contributed by atoms with Crippen LogP contribution in [0.15, 0.2) is 0 Å². The Morgan fingerprint density at radius 3 is 2.29 bits per heavy atom. The third-order valence-corrected chi connectivity index (χ3v) is 3.44. The van der Waals surface area contributed by atoms with Gasteiger partial charge in [-0.2, -0.15) is 0 Å². The standard InChI is InChI=1S/C12H24FN/c1-8(2)11-6-9(12(3,4)5)10(13)7-14-11/h8-11,14H,6-7H2,1-5H3. The van der Waals surface area contributed by atoms with Crippen LogP contribution in [0.3, 0.4) is 0 Å². The van der Waals surface area contributed by atoms with E-state index in [1.54, 1.807) is 0 Å². The van der Waals surface area contributed by atoms with Gasteiger partial charge < -0.3 is 5.32 Å². The molecule has 0 aromatic heterocycles. The summed E-state index contributed by atoms with van der Waals surface area (Å²) in [5.41, 5.74) is 0.0919. The molecule has 0 aliphatic carbocycles. The van der Waals surface area contributed by atoms with Crippen LogP contribution in [-0.4, -0.2) is 18.8 Å². The minimum atomic E-state index is -0.676. The summed E-state index contributed by atoms with van der Waals surface area (Å²) in [5.74, 6) is 0.809. The smallest absolute Gasteiger partial charge is 0.116 e. The summed E-state index contributed by atoms with van der Waals surface area (Å²) < 4.78 is 13.7. The summed E-state index contributed by atoms with van der Waals surface area (Å²) in [5, 5.41) is 3.30. The Balaban J connectivity index is 2.65. The summed E-state index contributed by atoms with van der Waals surface area (Å²) in [4.78, 5) is 0. The lowest BCUT2D eigenvalue weighted by atomic mass is 9.71. The normalized spacial score (nSPS) is 34.9. The maximum Gasteiger partial charge on any atom is 0.116 e. The van der Waals surface area contributed by atoms with Gasteiger partial charge in [0.25, 0.3) is 0 Å². The molecule has 0 aromatic rings. The van der Waals surface area contributed by atoms with Gasteiger partial charge in [-0.1, -0.05) is 34.6 Å². The molecule has 1 aliphatic rings. The van der Waals surface area contributed by atoms with Crippen LogP contribution in [0.2, 0.25) is 0 Å². The van der Waals surface area contributed by atoms with Crippen molar-refractivity contribution in [1.29, 1.82) is 0 Å². The number of hydrogen-bond acceptors (Lipinski definition) is 1. The van der Waals surface area contributed by atoms with Crippen LogP contribution in [0.4, 0.5) is 4.39 Å². The lowest BCUT2D eigenvalue weighted by Gasteiger charge is -2.41. The van der Waals surface area contributed by atoms with Crippen molar-refractivity contribution < 1.29 is 4.39 Å². The molecule has 2 heteroatoms. The number of halogens is 1. The van der Waals surface area contributed by atoms with Crippen molar-refractivity contribution in [3.63, 3.8) is 0 Å². The molecule has 0 bridgehead atoms. The third-order valence-electron chi connectivity index (χ3n) is 3.44. The average molecular weight is 201 g/mol. The molecule has 1 nitrogen and oxygen atoms in total. The van der Waals surface area contributed by atoms with E-state index in [2.05, 4.69) is 39.9 Å². The quantitative estimate of drug-likeness (QED) is 0.687. The van der Waals surface area contributed by atoms with Crippen molar-refractivity contribution >= 4 is 0 Å². The molecular formula is C12H24FN. The highest BCUT2D eigenvalue weighted by Gasteiger charge is 2.38. The summed E-state index contributed by atoms with van der Waals surface area (Å²) in [6.45, 7) is 11.4. The molecule has 0 aromatic carbocycles. The minimum absolute atomic E-state index is 0.0919. The molecule has 1 aliphatic heterocycles. The maximum atomic E-state index is 13.7. The Morgan fingerprint density at radius 2 is 1.86 bits per heavy atom. The molecule has 1 N–H and O–H groups in total. The molecular weight excluding hydrogens is 177 g/mol. The Hall–Kier alpha value is -0.110. The second kappa shape index (κ2) is 4.18. The van der Waals surface area contributed by atoms with E-state index in [1.807, 2.05) is 0 Å². The van der Waals surface area contributed by atoms with E-state index in [0.29, 0.717) is 18.5 Å². The van der Waals surface area contributed by atoms with E-state index < -0.39 is 6.17 Å². The largest absolute Gasteiger partial charge is 0.311 e. The van der Waals surface area contributed by atoms with Crippen LogP contribution >= 0.6 is 0 Å². The summed E-state index contributed by atoms with van der Waals surface area (Å²) in [7, 11) is 0. The first-order valence-corrected chi connectivity index (χ1v) is 5.70. The van der Waals surface area contributed by atoms with Gasteiger partial charge in [-0.3, -0.25) is 0 Å². The lowest BCUT2D eigenvalue weighted by molar-refractivity contribution is 0.0555. The van der Waals surface area contributed by atoms with Gasteiger partial charge in [-0.25, -0.2) is 4.39 Å². The maximum absolute atomic E-state index is 13.7. The van der Waals surface area contributed by atoms with Crippen LogP contribution < -0.4 is 5.32 Å². The van der Waals surface area contributed by atoms with Crippen LogP contribution in [0, 0.1) is 17.3 Å². The minimum Gasteiger partial charge on any atom is -0.311 e. The zero-order chi connectivity index (χ0) is 10.9. The molecule has 3 atom stereocenters. The van der Waals surface area contributed by atoms with Crippen molar-refractivity contribution in [2.45, 2.75) is 53.3 Å². The third kappa shape index (κ3) is 2.69. The zero-order valence-corrected chi connectivity index (χ0v) is 10.1. The molecule has 1 heterocycles. The van der Waals surface area contributed by atoms with Gasteiger partial charge in [0, 0.05) is 12.6 Å². The first-order valence-electron chi connectivity index (χ1n) is 5.70. The van der Waals surface area contributed by atoms with Crippen molar-refractivity contribution in [3.05, 3.63) is 0 Å². The molecule has 1 saturated heterocycles. The van der Waals surface area contributed by atoms with Crippen molar-refractivity contribution in [3.8, 4) is 0 Å². The predicted octanol–water partition coefficient (Wildman–Crippen LogP) is 3.00. The van der Waals surface area contributed by atoms with E-state index in [0.717, 1.165) is 6.42 Å². The number of hydrogen-bond donors (Lipinski definition) is 1. The average Bonchev–Trinajstić information content (AvgIpc) is 2.02. The Kier molecular flexibility index (Phi) is 3.57. The molecule has 0 spiro atoms. The lowest BCUT2D eigenvalue weighted by Crippen LogP contribution is -2.50. The van der Waals surface area contributed by atoms with E-state index >= 15 is 0 Å². The van der Waals surface area contributed by atoms with Gasteiger partial charge in [-0.05, 0) is 23.7 Å². The summed E-state index contributed by atoms with van der Waals surface area (Å²) in [6, 6.07) is 0.492. The highest BCUT2D eigenvalue weighted by molar-refractivity contribution is 4.91. The van der Waals surface area contributed by atoms with Gasteiger partial charge in [0.1, 0.15) is 6.17 Å². The highest BCUT2D eigenvalue weighted by atomic mass is 19.1. The van der Waals surface area contributed by atoms with Gasteiger partial charge >= 0.3 is 0 Å². The number of alkyl halides is 1. The molecule has 84 valence electrons. The second-order valence-corrected chi connectivity index (χ2v) is 5.98. The van der Waals surface area contributed by atoms with Crippen LogP contribution in [0.25, 0.3) is 0 Å². The number of nitrogens with one attached hydrogen (secondary N) is 1. The first-order chi connectivity index (χ1) is 6.32. The predicted molar refractivity (Wildman–Crippen MR) is 59.1 cm³/mol. The number of rotatable bonds is 1. The van der Waals surface area contributed by atoms with Crippen molar-refractivity contribution in [1.82, 2.24) is 5.32 Å². The van der Waals surface area contributed by atoms with E-state index in [1.165, 1.54) is 0 Å². The monoisotopic (exact) mass is 201 g/mol. The molecule has 3 unspecified atom stereocenters. The Morgan fingerprint density at radius 1 is 1.29 bits per heavy atom. The van der Waals surface area contributed by atoms with Gasteiger partial charge in [-0.15, -0.1) is 0 Å².